The Hall–Kier alpha value is -0.680. The van der Waals surface area contributed by atoms with Gasteiger partial charge in [0.15, 0.2) is 0 Å². The van der Waals surface area contributed by atoms with Crippen molar-refractivity contribution in [3.63, 3.8) is 0 Å². The van der Waals surface area contributed by atoms with E-state index in [1.54, 1.807) is 12.1 Å². The fraction of sp³-hybridized carbons (Fsp3) is 0.600. The fourth-order valence-electron chi connectivity index (χ4n) is 2.62. The van der Waals surface area contributed by atoms with Crippen molar-refractivity contribution in [2.75, 3.05) is 6.61 Å². The molecule has 0 spiro atoms. The van der Waals surface area contributed by atoms with Crippen molar-refractivity contribution in [1.82, 2.24) is 5.43 Å². The predicted octanol–water partition coefficient (Wildman–Crippen LogP) is 3.20. The maximum Gasteiger partial charge on any atom is 0.127 e. The SMILES string of the molecule is NNC(CCC1CCCCO1)Cc1ccc(Cl)cc1F. The molecule has 1 heterocycles. The topological polar surface area (TPSA) is 47.3 Å². The third-order valence-electron chi connectivity index (χ3n) is 3.83. The van der Waals surface area contributed by atoms with Gasteiger partial charge in [0, 0.05) is 17.7 Å². The molecular formula is C15H22ClFN2O. The van der Waals surface area contributed by atoms with Gasteiger partial charge >= 0.3 is 0 Å². The molecule has 1 saturated heterocycles. The number of rotatable bonds is 6. The zero-order chi connectivity index (χ0) is 14.4. The molecule has 1 aliphatic rings. The Labute approximate surface area is 124 Å². The number of hydrogen-bond donors (Lipinski definition) is 2. The zero-order valence-corrected chi connectivity index (χ0v) is 12.3. The molecule has 0 amide bonds. The van der Waals surface area contributed by atoms with E-state index in [9.17, 15) is 4.39 Å². The van der Waals surface area contributed by atoms with E-state index in [1.165, 1.54) is 12.5 Å². The van der Waals surface area contributed by atoms with Crippen LogP contribution in [0.1, 0.15) is 37.7 Å². The summed E-state index contributed by atoms with van der Waals surface area (Å²) in [5, 5.41) is 0.416. The molecule has 3 nitrogen and oxygen atoms in total. The van der Waals surface area contributed by atoms with E-state index >= 15 is 0 Å². The summed E-state index contributed by atoms with van der Waals surface area (Å²) >= 11 is 5.75. The molecule has 2 unspecified atom stereocenters. The summed E-state index contributed by atoms with van der Waals surface area (Å²) in [6.45, 7) is 0.858. The van der Waals surface area contributed by atoms with Gasteiger partial charge in [0.1, 0.15) is 5.82 Å². The van der Waals surface area contributed by atoms with Crippen LogP contribution in [0, 0.1) is 5.82 Å². The largest absolute Gasteiger partial charge is 0.378 e. The van der Waals surface area contributed by atoms with Crippen LogP contribution >= 0.6 is 11.6 Å². The first-order valence-corrected chi connectivity index (χ1v) is 7.58. The molecule has 3 N–H and O–H groups in total. The number of benzene rings is 1. The average molecular weight is 301 g/mol. The molecule has 20 heavy (non-hydrogen) atoms. The molecule has 2 atom stereocenters. The van der Waals surface area contributed by atoms with Crippen LogP contribution in [0.15, 0.2) is 18.2 Å². The van der Waals surface area contributed by atoms with Crippen molar-refractivity contribution in [2.45, 2.75) is 50.7 Å². The van der Waals surface area contributed by atoms with Crippen molar-refractivity contribution in [2.24, 2.45) is 5.84 Å². The third-order valence-corrected chi connectivity index (χ3v) is 4.06. The van der Waals surface area contributed by atoms with Crippen LogP contribution in [0.2, 0.25) is 5.02 Å². The first kappa shape index (κ1) is 15.7. The average Bonchev–Trinajstić information content (AvgIpc) is 2.46. The number of nitrogens with two attached hydrogens (primary N) is 1. The second kappa shape index (κ2) is 7.93. The molecule has 0 aromatic heterocycles. The van der Waals surface area contributed by atoms with Crippen molar-refractivity contribution in [3.8, 4) is 0 Å². The van der Waals surface area contributed by atoms with E-state index in [4.69, 9.17) is 22.2 Å². The highest BCUT2D eigenvalue weighted by molar-refractivity contribution is 6.30. The van der Waals surface area contributed by atoms with Gasteiger partial charge in [0.05, 0.1) is 6.10 Å². The Bertz CT molecular complexity index is 424. The van der Waals surface area contributed by atoms with Gasteiger partial charge in [0.2, 0.25) is 0 Å². The maximum atomic E-state index is 13.8. The van der Waals surface area contributed by atoms with Crippen molar-refractivity contribution < 1.29 is 9.13 Å². The van der Waals surface area contributed by atoms with Crippen LogP contribution < -0.4 is 11.3 Å². The minimum Gasteiger partial charge on any atom is -0.378 e. The number of hydrazine groups is 1. The Morgan fingerprint density at radius 3 is 2.95 bits per heavy atom. The van der Waals surface area contributed by atoms with E-state index < -0.39 is 0 Å². The molecule has 2 rings (SSSR count). The summed E-state index contributed by atoms with van der Waals surface area (Å²) in [6, 6.07) is 4.82. The van der Waals surface area contributed by atoms with Gasteiger partial charge in [-0.3, -0.25) is 11.3 Å². The second-order valence-electron chi connectivity index (χ2n) is 5.37. The van der Waals surface area contributed by atoms with Gasteiger partial charge < -0.3 is 4.74 Å². The molecule has 1 aliphatic heterocycles. The molecular weight excluding hydrogens is 279 g/mol. The molecule has 1 aromatic rings. The maximum absolute atomic E-state index is 13.8. The third kappa shape index (κ3) is 4.70. The van der Waals surface area contributed by atoms with E-state index in [0.29, 0.717) is 23.1 Å². The molecule has 0 saturated carbocycles. The minimum absolute atomic E-state index is 0.0520. The summed E-state index contributed by atoms with van der Waals surface area (Å²) in [6.07, 6.45) is 6.24. The van der Waals surface area contributed by atoms with E-state index in [-0.39, 0.29) is 11.9 Å². The normalized spacial score (nSPS) is 20.9. The van der Waals surface area contributed by atoms with Crippen LogP contribution in [-0.4, -0.2) is 18.8 Å². The summed E-state index contributed by atoms with van der Waals surface area (Å²) in [7, 11) is 0. The van der Waals surface area contributed by atoms with Gasteiger partial charge in [-0.1, -0.05) is 17.7 Å². The zero-order valence-electron chi connectivity index (χ0n) is 11.6. The molecule has 1 aromatic carbocycles. The molecule has 0 radical (unpaired) electrons. The van der Waals surface area contributed by atoms with Gasteiger partial charge in [-0.05, 0) is 56.2 Å². The molecule has 1 fully saturated rings. The lowest BCUT2D eigenvalue weighted by Crippen LogP contribution is -2.38. The summed E-state index contributed by atoms with van der Waals surface area (Å²) in [5.41, 5.74) is 3.42. The summed E-state index contributed by atoms with van der Waals surface area (Å²) < 4.78 is 19.5. The van der Waals surface area contributed by atoms with Crippen LogP contribution in [0.25, 0.3) is 0 Å². The molecule has 0 bridgehead atoms. The van der Waals surface area contributed by atoms with E-state index in [2.05, 4.69) is 5.43 Å². The Kier molecular flexibility index (Phi) is 6.23. The van der Waals surface area contributed by atoms with Crippen molar-refractivity contribution in [1.29, 1.82) is 0 Å². The van der Waals surface area contributed by atoms with E-state index in [1.807, 2.05) is 0 Å². The molecule has 5 heteroatoms. The number of hydrogen-bond acceptors (Lipinski definition) is 3. The van der Waals surface area contributed by atoms with Crippen LogP contribution in [-0.2, 0) is 11.2 Å². The Balaban J connectivity index is 1.84. The van der Waals surface area contributed by atoms with Gasteiger partial charge in [-0.15, -0.1) is 0 Å². The van der Waals surface area contributed by atoms with E-state index in [0.717, 1.165) is 32.3 Å². The Morgan fingerprint density at radius 2 is 2.30 bits per heavy atom. The van der Waals surface area contributed by atoms with Gasteiger partial charge in [-0.25, -0.2) is 4.39 Å². The first-order chi connectivity index (χ1) is 9.69. The monoisotopic (exact) mass is 300 g/mol. The first-order valence-electron chi connectivity index (χ1n) is 7.20. The van der Waals surface area contributed by atoms with Gasteiger partial charge in [0.25, 0.3) is 0 Å². The van der Waals surface area contributed by atoms with Crippen LogP contribution in [0.5, 0.6) is 0 Å². The second-order valence-corrected chi connectivity index (χ2v) is 5.81. The Morgan fingerprint density at radius 1 is 1.45 bits per heavy atom. The quantitative estimate of drug-likeness (QED) is 0.626. The minimum atomic E-state index is -0.272. The lowest BCUT2D eigenvalue weighted by Gasteiger charge is -2.24. The van der Waals surface area contributed by atoms with Crippen molar-refractivity contribution in [3.05, 3.63) is 34.6 Å². The smallest absolute Gasteiger partial charge is 0.127 e. The highest BCUT2D eigenvalue weighted by Gasteiger charge is 2.17. The van der Waals surface area contributed by atoms with Gasteiger partial charge in [-0.2, -0.15) is 0 Å². The predicted molar refractivity (Wildman–Crippen MR) is 79.1 cm³/mol. The lowest BCUT2D eigenvalue weighted by atomic mass is 9.97. The highest BCUT2D eigenvalue weighted by atomic mass is 35.5. The summed E-state index contributed by atoms with van der Waals surface area (Å²) in [4.78, 5) is 0. The number of ether oxygens (including phenoxy) is 1. The highest BCUT2D eigenvalue weighted by Crippen LogP contribution is 2.20. The van der Waals surface area contributed by atoms with Crippen LogP contribution in [0.3, 0.4) is 0 Å². The number of nitrogens with one attached hydrogen (secondary N) is 1. The standard InChI is InChI=1S/C15H22ClFN2O/c16-12-5-4-11(15(17)10-12)9-13(19-18)6-7-14-3-1-2-8-20-14/h4-5,10,13-14,19H,1-3,6-9,18H2. The van der Waals surface area contributed by atoms with Crippen molar-refractivity contribution >= 4 is 11.6 Å². The lowest BCUT2D eigenvalue weighted by molar-refractivity contribution is 0.00857. The van der Waals surface area contributed by atoms with Crippen LogP contribution in [0.4, 0.5) is 4.39 Å². The molecule has 112 valence electrons. The fourth-order valence-corrected chi connectivity index (χ4v) is 2.78. The molecule has 0 aliphatic carbocycles. The number of halogens is 2. The summed E-state index contributed by atoms with van der Waals surface area (Å²) in [5.74, 6) is 5.31.